The Bertz CT molecular complexity index is 1350. The van der Waals surface area contributed by atoms with Crippen LogP contribution in [0.4, 0.5) is 0 Å². The highest BCUT2D eigenvalue weighted by molar-refractivity contribution is 5.77. The summed E-state index contributed by atoms with van der Waals surface area (Å²) in [6.07, 6.45) is 3.32. The molecule has 9 heteroatoms. The summed E-state index contributed by atoms with van der Waals surface area (Å²) >= 11 is 0. The van der Waals surface area contributed by atoms with Gasteiger partial charge in [-0.25, -0.2) is 9.78 Å². The molecule has 1 N–H and O–H groups in total. The molecule has 3 aromatic rings. The van der Waals surface area contributed by atoms with E-state index in [4.69, 9.17) is 15.0 Å². The molecule has 1 aromatic carbocycles. The molecule has 9 nitrogen and oxygen atoms in total. The number of aromatic nitrogens is 4. The number of methoxy groups -OCH3 is 2. The Labute approximate surface area is 172 Å². The fraction of sp³-hybridized carbons (Fsp3) is 0.350. The summed E-state index contributed by atoms with van der Waals surface area (Å²) in [5.74, 6) is 1.37. The summed E-state index contributed by atoms with van der Waals surface area (Å²) in [7, 11) is 4.56. The minimum Gasteiger partial charge on any atom is -0.493 e. The lowest BCUT2D eigenvalue weighted by atomic mass is 10.2. The molecule has 29 heavy (non-hydrogen) atoms. The third-order valence-electron chi connectivity index (χ3n) is 4.51. The number of aryl methyl sites for hydroxylation is 2. The first-order chi connectivity index (χ1) is 15.4. The van der Waals surface area contributed by atoms with E-state index in [2.05, 4.69) is 4.98 Å². The van der Waals surface area contributed by atoms with Crippen LogP contribution in [0.25, 0.3) is 23.3 Å². The lowest BCUT2D eigenvalue weighted by Gasteiger charge is -2.08. The van der Waals surface area contributed by atoms with Gasteiger partial charge in [0.25, 0.3) is 5.56 Å². The van der Waals surface area contributed by atoms with Crippen LogP contribution >= 0.6 is 0 Å². The molecule has 2 aromatic heterocycles. The Hall–Kier alpha value is -3.33. The average molecular weight is 404 g/mol. The Morgan fingerprint density at radius 2 is 1.90 bits per heavy atom. The maximum absolute atomic E-state index is 13.1. The summed E-state index contributed by atoms with van der Waals surface area (Å²) < 4.78 is 43.6. The van der Waals surface area contributed by atoms with Crippen molar-refractivity contribution >= 4 is 23.3 Å². The van der Waals surface area contributed by atoms with Gasteiger partial charge >= 0.3 is 5.69 Å². The average Bonchev–Trinajstić information content (AvgIpc) is 3.07. The highest BCUT2D eigenvalue weighted by Crippen LogP contribution is 2.28. The van der Waals surface area contributed by atoms with Crippen molar-refractivity contribution in [3.05, 3.63) is 50.4 Å². The van der Waals surface area contributed by atoms with Crippen LogP contribution in [0.1, 0.15) is 23.8 Å². The van der Waals surface area contributed by atoms with Crippen molar-refractivity contribution in [2.24, 2.45) is 7.05 Å². The molecular weight excluding hydrogens is 376 g/mol. The van der Waals surface area contributed by atoms with Crippen molar-refractivity contribution in [2.45, 2.75) is 20.0 Å². The SMILES string of the molecule is [2H]C([2H])(O)C([2H])([2H])n1c(=O)c2c(nc(/C=C/c3ccc(OC)c(OC)c3)n2C)n(CC)c1=O. The molecule has 0 radical (unpaired) electrons. The number of ether oxygens (including phenoxy) is 2. The van der Waals surface area contributed by atoms with E-state index in [1.54, 1.807) is 37.3 Å². The van der Waals surface area contributed by atoms with Crippen molar-refractivity contribution in [3.8, 4) is 11.5 Å². The molecule has 0 aliphatic rings. The topological polar surface area (TPSA) is 101 Å². The van der Waals surface area contributed by atoms with Gasteiger partial charge in [-0.3, -0.25) is 13.9 Å². The van der Waals surface area contributed by atoms with Gasteiger partial charge in [-0.2, -0.15) is 0 Å². The van der Waals surface area contributed by atoms with Crippen molar-refractivity contribution < 1.29 is 20.1 Å². The largest absolute Gasteiger partial charge is 0.493 e. The van der Waals surface area contributed by atoms with Gasteiger partial charge in [0.05, 0.1) is 32.8 Å². The molecule has 0 aliphatic carbocycles. The number of aliphatic hydroxyl groups is 1. The van der Waals surface area contributed by atoms with Crippen molar-refractivity contribution in [1.82, 2.24) is 18.7 Å². The van der Waals surface area contributed by atoms with Crippen LogP contribution in [-0.2, 0) is 20.1 Å². The molecule has 0 spiro atoms. The van der Waals surface area contributed by atoms with Gasteiger partial charge in [-0.15, -0.1) is 0 Å². The predicted octanol–water partition coefficient (Wildman–Crippen LogP) is 1.10. The van der Waals surface area contributed by atoms with E-state index in [0.29, 0.717) is 17.3 Å². The van der Waals surface area contributed by atoms with Gasteiger partial charge in [0, 0.05) is 13.6 Å². The van der Waals surface area contributed by atoms with E-state index >= 15 is 0 Å². The Morgan fingerprint density at radius 1 is 1.17 bits per heavy atom. The zero-order valence-corrected chi connectivity index (χ0v) is 16.5. The van der Waals surface area contributed by atoms with Crippen LogP contribution in [-0.4, -0.2) is 44.6 Å². The Morgan fingerprint density at radius 3 is 2.52 bits per heavy atom. The van der Waals surface area contributed by atoms with Crippen LogP contribution in [0.5, 0.6) is 11.5 Å². The monoisotopic (exact) mass is 404 g/mol. The minimum absolute atomic E-state index is 0.0208. The van der Waals surface area contributed by atoms with Crippen LogP contribution in [0.3, 0.4) is 0 Å². The van der Waals surface area contributed by atoms with Gasteiger partial charge in [-0.05, 0) is 30.7 Å². The van der Waals surface area contributed by atoms with Crippen LogP contribution in [0.2, 0.25) is 0 Å². The smallest absolute Gasteiger partial charge is 0.332 e. The lowest BCUT2D eigenvalue weighted by Crippen LogP contribution is -2.41. The number of imidazole rings is 1. The molecule has 0 atom stereocenters. The number of benzene rings is 1. The van der Waals surface area contributed by atoms with E-state index in [9.17, 15) is 14.7 Å². The lowest BCUT2D eigenvalue weighted by molar-refractivity contribution is 0.270. The summed E-state index contributed by atoms with van der Waals surface area (Å²) in [4.78, 5) is 30.3. The van der Waals surface area contributed by atoms with Gasteiger partial charge in [0.1, 0.15) is 5.82 Å². The highest BCUT2D eigenvalue weighted by atomic mass is 16.5. The zero-order valence-electron chi connectivity index (χ0n) is 20.5. The number of rotatable bonds is 7. The van der Waals surface area contributed by atoms with E-state index in [1.165, 1.54) is 25.8 Å². The minimum atomic E-state index is -3.48. The molecule has 0 bridgehead atoms. The number of hydrogen-bond donors (Lipinski definition) is 1. The van der Waals surface area contributed by atoms with Crippen LogP contribution in [0.15, 0.2) is 27.8 Å². The number of nitrogens with zero attached hydrogens (tertiary/aromatic N) is 4. The fourth-order valence-corrected chi connectivity index (χ4v) is 3.04. The van der Waals surface area contributed by atoms with Crippen molar-refractivity contribution in [1.29, 1.82) is 0 Å². The molecule has 0 unspecified atom stereocenters. The van der Waals surface area contributed by atoms with E-state index in [0.717, 1.165) is 10.1 Å². The normalized spacial score (nSPS) is 14.5. The first kappa shape index (κ1) is 15.6. The summed E-state index contributed by atoms with van der Waals surface area (Å²) in [6, 6.07) is 5.25. The fourth-order valence-electron chi connectivity index (χ4n) is 3.04. The van der Waals surface area contributed by atoms with Gasteiger partial charge < -0.3 is 19.1 Å². The molecule has 0 amide bonds. The summed E-state index contributed by atoms with van der Waals surface area (Å²) in [6.45, 7) is -5.15. The third-order valence-corrected chi connectivity index (χ3v) is 4.51. The van der Waals surface area contributed by atoms with Crippen LogP contribution < -0.4 is 20.7 Å². The predicted molar refractivity (Wildman–Crippen MR) is 110 cm³/mol. The number of fused-ring (bicyclic) bond motifs is 1. The first-order valence-electron chi connectivity index (χ1n) is 10.7. The summed E-state index contributed by atoms with van der Waals surface area (Å²) in [5.41, 5.74) is -1.58. The van der Waals surface area contributed by atoms with Crippen molar-refractivity contribution in [3.63, 3.8) is 0 Å². The molecule has 2 heterocycles. The van der Waals surface area contributed by atoms with E-state index in [1.807, 2.05) is 0 Å². The van der Waals surface area contributed by atoms with Crippen molar-refractivity contribution in [2.75, 3.05) is 20.8 Å². The maximum Gasteiger partial charge on any atom is 0.332 e. The second-order valence-corrected chi connectivity index (χ2v) is 6.04. The molecule has 0 fully saturated rings. The Kier molecular flexibility index (Phi) is 4.49. The standard InChI is InChI=1S/C20H24N4O5/c1-5-23-18-17(19(26)24(10-11-25)20(23)27)22(2)16(21-18)9-7-13-6-8-14(28-3)15(12-13)29-4/h6-9,12,25H,5,10-11H2,1-4H3/b9-7+/i10D2,11D2. The second-order valence-electron chi connectivity index (χ2n) is 6.04. The maximum atomic E-state index is 13.1. The summed E-state index contributed by atoms with van der Waals surface area (Å²) in [5, 5.41) is 9.65. The van der Waals surface area contributed by atoms with E-state index in [-0.39, 0.29) is 22.3 Å². The molecule has 0 aliphatic heterocycles. The number of hydrogen-bond acceptors (Lipinski definition) is 6. The molecule has 0 saturated carbocycles. The Balaban J connectivity index is 2.23. The van der Waals surface area contributed by atoms with E-state index < -0.39 is 24.3 Å². The van der Waals surface area contributed by atoms with Gasteiger partial charge in [0.15, 0.2) is 22.7 Å². The highest BCUT2D eigenvalue weighted by Gasteiger charge is 2.18. The molecular formula is C20H24N4O5. The van der Waals surface area contributed by atoms with Gasteiger partial charge in [-0.1, -0.05) is 12.1 Å². The zero-order chi connectivity index (χ0) is 24.7. The second kappa shape index (κ2) is 8.36. The molecule has 0 saturated heterocycles. The van der Waals surface area contributed by atoms with Gasteiger partial charge in [0.2, 0.25) is 0 Å². The first-order valence-corrected chi connectivity index (χ1v) is 8.74. The quantitative estimate of drug-likeness (QED) is 0.633. The third kappa shape index (κ3) is 3.56. The molecule has 3 rings (SSSR count). The van der Waals surface area contributed by atoms with Crippen LogP contribution in [0, 0.1) is 0 Å². The molecule has 154 valence electrons.